The summed E-state index contributed by atoms with van der Waals surface area (Å²) in [5.74, 6) is 0.0911. The van der Waals surface area contributed by atoms with Gasteiger partial charge < -0.3 is 14.1 Å². The Bertz CT molecular complexity index is 467. The molecule has 0 aliphatic rings. The van der Waals surface area contributed by atoms with E-state index < -0.39 is 0 Å². The SMILES string of the molecule is CCN(CCC(=O)OC)C(=O)/C=C/c1ccc(Br)o1. The number of amides is 1. The summed E-state index contributed by atoms with van der Waals surface area (Å²) in [4.78, 5) is 24.5. The summed E-state index contributed by atoms with van der Waals surface area (Å²) in [5.41, 5.74) is 0. The predicted octanol–water partition coefficient (Wildman–Crippen LogP) is 2.47. The van der Waals surface area contributed by atoms with Crippen molar-refractivity contribution in [2.24, 2.45) is 0 Å². The molecular formula is C13H16BrNO4. The molecule has 0 atom stereocenters. The molecule has 0 radical (unpaired) electrons. The number of ether oxygens (including phenoxy) is 1. The molecule has 0 saturated heterocycles. The van der Waals surface area contributed by atoms with Gasteiger partial charge in [0, 0.05) is 19.2 Å². The molecule has 0 aliphatic heterocycles. The molecule has 0 bridgehead atoms. The zero-order valence-electron chi connectivity index (χ0n) is 10.9. The first-order valence-electron chi connectivity index (χ1n) is 5.86. The van der Waals surface area contributed by atoms with E-state index in [-0.39, 0.29) is 18.3 Å². The van der Waals surface area contributed by atoms with Crippen LogP contribution < -0.4 is 0 Å². The third-order valence-corrected chi connectivity index (χ3v) is 2.92. The molecule has 0 saturated carbocycles. The Balaban J connectivity index is 2.53. The second kappa shape index (κ2) is 7.78. The zero-order chi connectivity index (χ0) is 14.3. The number of furan rings is 1. The summed E-state index contributed by atoms with van der Waals surface area (Å²) in [5, 5.41) is 0. The first-order chi connectivity index (χ1) is 9.06. The quantitative estimate of drug-likeness (QED) is 0.594. The number of carbonyl (C=O) groups excluding carboxylic acids is 2. The molecular weight excluding hydrogens is 314 g/mol. The third kappa shape index (κ3) is 5.30. The van der Waals surface area contributed by atoms with E-state index in [0.29, 0.717) is 23.5 Å². The molecule has 0 unspecified atom stereocenters. The first-order valence-corrected chi connectivity index (χ1v) is 6.65. The molecule has 1 amide bonds. The van der Waals surface area contributed by atoms with E-state index in [2.05, 4.69) is 20.7 Å². The van der Waals surface area contributed by atoms with E-state index in [0.717, 1.165) is 0 Å². The molecule has 0 N–H and O–H groups in total. The van der Waals surface area contributed by atoms with Crippen molar-refractivity contribution < 1.29 is 18.7 Å². The number of esters is 1. The normalized spacial score (nSPS) is 10.7. The smallest absolute Gasteiger partial charge is 0.307 e. The van der Waals surface area contributed by atoms with Gasteiger partial charge in [-0.15, -0.1) is 0 Å². The minimum atomic E-state index is -0.329. The maximum absolute atomic E-state index is 11.9. The molecule has 19 heavy (non-hydrogen) atoms. The molecule has 0 aromatic carbocycles. The van der Waals surface area contributed by atoms with Gasteiger partial charge in [0.2, 0.25) is 5.91 Å². The van der Waals surface area contributed by atoms with Crippen LogP contribution in [0.1, 0.15) is 19.1 Å². The Morgan fingerprint density at radius 1 is 1.47 bits per heavy atom. The van der Waals surface area contributed by atoms with Gasteiger partial charge in [-0.1, -0.05) is 0 Å². The molecule has 5 nitrogen and oxygen atoms in total. The lowest BCUT2D eigenvalue weighted by Crippen LogP contribution is -2.31. The Hall–Kier alpha value is -1.56. The minimum absolute atomic E-state index is 0.168. The number of methoxy groups -OCH3 is 1. The highest BCUT2D eigenvalue weighted by molar-refractivity contribution is 9.10. The van der Waals surface area contributed by atoms with Crippen LogP contribution in [0.4, 0.5) is 0 Å². The zero-order valence-corrected chi connectivity index (χ0v) is 12.5. The Morgan fingerprint density at radius 2 is 2.21 bits per heavy atom. The van der Waals surface area contributed by atoms with Crippen molar-refractivity contribution in [2.75, 3.05) is 20.2 Å². The highest BCUT2D eigenvalue weighted by Gasteiger charge is 2.11. The number of hydrogen-bond acceptors (Lipinski definition) is 4. The fraction of sp³-hybridized carbons (Fsp3) is 0.385. The van der Waals surface area contributed by atoms with Gasteiger partial charge in [-0.3, -0.25) is 9.59 Å². The second-order valence-electron chi connectivity index (χ2n) is 3.72. The van der Waals surface area contributed by atoms with E-state index in [1.165, 1.54) is 13.2 Å². The van der Waals surface area contributed by atoms with Crippen molar-refractivity contribution in [3.05, 3.63) is 28.6 Å². The van der Waals surface area contributed by atoms with Gasteiger partial charge in [0.1, 0.15) is 5.76 Å². The summed E-state index contributed by atoms with van der Waals surface area (Å²) in [6, 6.07) is 3.50. The summed E-state index contributed by atoms with van der Waals surface area (Å²) >= 11 is 3.18. The Kier molecular flexibility index (Phi) is 6.35. The van der Waals surface area contributed by atoms with Crippen LogP contribution in [0.25, 0.3) is 6.08 Å². The maximum Gasteiger partial charge on any atom is 0.307 e. The predicted molar refractivity (Wildman–Crippen MR) is 74.3 cm³/mol. The molecule has 6 heteroatoms. The van der Waals surface area contributed by atoms with Crippen molar-refractivity contribution in [1.29, 1.82) is 0 Å². The molecule has 0 spiro atoms. The van der Waals surface area contributed by atoms with Gasteiger partial charge in [-0.25, -0.2) is 0 Å². The van der Waals surface area contributed by atoms with Gasteiger partial charge in [-0.2, -0.15) is 0 Å². The minimum Gasteiger partial charge on any atom is -0.469 e. The van der Waals surface area contributed by atoms with Crippen LogP contribution in [0.15, 0.2) is 27.3 Å². The van der Waals surface area contributed by atoms with Crippen LogP contribution in [-0.2, 0) is 14.3 Å². The summed E-state index contributed by atoms with van der Waals surface area (Å²) in [6.07, 6.45) is 3.20. The van der Waals surface area contributed by atoms with Crippen LogP contribution >= 0.6 is 15.9 Å². The van der Waals surface area contributed by atoms with Crippen molar-refractivity contribution in [2.45, 2.75) is 13.3 Å². The molecule has 104 valence electrons. The fourth-order valence-corrected chi connectivity index (χ4v) is 1.75. The van der Waals surface area contributed by atoms with E-state index in [1.54, 1.807) is 23.1 Å². The topological polar surface area (TPSA) is 59.8 Å². The van der Waals surface area contributed by atoms with Gasteiger partial charge in [0.05, 0.1) is 13.5 Å². The lowest BCUT2D eigenvalue weighted by molar-refractivity contribution is -0.141. The average molecular weight is 330 g/mol. The van der Waals surface area contributed by atoms with Crippen molar-refractivity contribution in [1.82, 2.24) is 4.90 Å². The Morgan fingerprint density at radius 3 is 2.74 bits per heavy atom. The van der Waals surface area contributed by atoms with Gasteiger partial charge >= 0.3 is 5.97 Å². The highest BCUT2D eigenvalue weighted by Crippen LogP contribution is 2.15. The van der Waals surface area contributed by atoms with Gasteiger partial charge in [0.25, 0.3) is 0 Å². The third-order valence-electron chi connectivity index (χ3n) is 2.49. The first kappa shape index (κ1) is 15.5. The largest absolute Gasteiger partial charge is 0.469 e. The van der Waals surface area contributed by atoms with E-state index in [1.807, 2.05) is 6.92 Å². The number of likely N-dealkylation sites (N-methyl/N-ethyl adjacent to an activating group) is 1. The highest BCUT2D eigenvalue weighted by atomic mass is 79.9. The molecule has 1 heterocycles. The monoisotopic (exact) mass is 329 g/mol. The lowest BCUT2D eigenvalue weighted by atomic mass is 10.3. The maximum atomic E-state index is 11.9. The van der Waals surface area contributed by atoms with Crippen molar-refractivity contribution >= 4 is 33.9 Å². The molecule has 1 aromatic heterocycles. The number of carbonyl (C=O) groups is 2. The van der Waals surface area contributed by atoms with Crippen molar-refractivity contribution in [3.8, 4) is 0 Å². The van der Waals surface area contributed by atoms with Gasteiger partial charge in [-0.05, 0) is 41.1 Å². The van der Waals surface area contributed by atoms with Crippen molar-refractivity contribution in [3.63, 3.8) is 0 Å². The van der Waals surface area contributed by atoms with Crippen LogP contribution in [0.2, 0.25) is 0 Å². The number of rotatable bonds is 6. The summed E-state index contributed by atoms with van der Waals surface area (Å²) in [7, 11) is 1.33. The lowest BCUT2D eigenvalue weighted by Gasteiger charge is -2.18. The standard InChI is InChI=1S/C13H16BrNO4/c1-3-15(9-8-13(17)18-2)12(16)7-5-10-4-6-11(14)19-10/h4-7H,3,8-9H2,1-2H3/b7-5+. The average Bonchev–Trinajstić information content (AvgIpc) is 2.82. The van der Waals surface area contributed by atoms with E-state index in [4.69, 9.17) is 4.42 Å². The van der Waals surface area contributed by atoms with Crippen LogP contribution in [0.3, 0.4) is 0 Å². The summed E-state index contributed by atoms with van der Waals surface area (Å²) < 4.78 is 10.4. The Labute approximate surface area is 120 Å². The van der Waals surface area contributed by atoms with E-state index in [9.17, 15) is 9.59 Å². The molecule has 1 aromatic rings. The van der Waals surface area contributed by atoms with E-state index >= 15 is 0 Å². The summed E-state index contributed by atoms with van der Waals surface area (Å²) in [6.45, 7) is 2.72. The number of halogens is 1. The number of hydrogen-bond donors (Lipinski definition) is 0. The second-order valence-corrected chi connectivity index (χ2v) is 4.50. The van der Waals surface area contributed by atoms with Gasteiger partial charge in [0.15, 0.2) is 4.67 Å². The molecule has 1 rings (SSSR count). The van der Waals surface area contributed by atoms with Crippen LogP contribution in [0, 0.1) is 0 Å². The van der Waals surface area contributed by atoms with Crippen LogP contribution in [-0.4, -0.2) is 37.0 Å². The van der Waals surface area contributed by atoms with Crippen LogP contribution in [0.5, 0.6) is 0 Å². The molecule has 0 aliphatic carbocycles. The molecule has 0 fully saturated rings. The fourth-order valence-electron chi connectivity index (χ4n) is 1.43. The number of nitrogens with zero attached hydrogens (tertiary/aromatic N) is 1.